The molecule has 0 saturated carbocycles. The van der Waals surface area contributed by atoms with Gasteiger partial charge in [0.15, 0.2) is 0 Å². The standard InChI is InChI=1S/C9H12BrN3O2S/c1-6(16-2)4-11-9-8(13(14)15)3-7(10)5-12-9/h3,5-6H,4H2,1-2H3,(H,11,12). The molecule has 0 bridgehead atoms. The first-order chi connectivity index (χ1) is 7.54. The molecular formula is C9H12BrN3O2S. The number of nitrogens with one attached hydrogen (secondary N) is 1. The van der Waals surface area contributed by atoms with Gasteiger partial charge in [-0.15, -0.1) is 0 Å². The van der Waals surface area contributed by atoms with Crippen LogP contribution in [0.3, 0.4) is 0 Å². The number of nitrogens with zero attached hydrogens (tertiary/aromatic N) is 2. The monoisotopic (exact) mass is 305 g/mol. The number of hydrogen-bond acceptors (Lipinski definition) is 5. The van der Waals surface area contributed by atoms with Crippen LogP contribution in [0.1, 0.15) is 6.92 Å². The molecule has 0 aromatic carbocycles. The Bertz CT molecular complexity index is 389. The number of anilines is 1. The number of pyridine rings is 1. The molecule has 1 unspecified atom stereocenters. The van der Waals surface area contributed by atoms with Crippen molar-refractivity contribution in [2.24, 2.45) is 0 Å². The van der Waals surface area contributed by atoms with Gasteiger partial charge in [0, 0.05) is 28.5 Å². The van der Waals surface area contributed by atoms with Crippen LogP contribution in [0.25, 0.3) is 0 Å². The summed E-state index contributed by atoms with van der Waals surface area (Å²) in [6.07, 6.45) is 3.54. The van der Waals surface area contributed by atoms with Gasteiger partial charge in [-0.05, 0) is 22.2 Å². The summed E-state index contributed by atoms with van der Waals surface area (Å²) in [5.41, 5.74) is -0.0114. The van der Waals surface area contributed by atoms with E-state index in [1.807, 2.05) is 13.2 Å². The molecule has 1 aromatic rings. The SMILES string of the molecule is CSC(C)CNc1ncc(Br)cc1[N+](=O)[O-]. The summed E-state index contributed by atoms with van der Waals surface area (Å²) in [5, 5.41) is 14.1. The van der Waals surface area contributed by atoms with Crippen molar-refractivity contribution in [1.82, 2.24) is 4.98 Å². The van der Waals surface area contributed by atoms with E-state index in [-0.39, 0.29) is 5.69 Å². The highest BCUT2D eigenvalue weighted by Crippen LogP contribution is 2.25. The fourth-order valence-electron chi connectivity index (χ4n) is 1.03. The molecule has 0 fully saturated rings. The lowest BCUT2D eigenvalue weighted by Crippen LogP contribution is -2.14. The summed E-state index contributed by atoms with van der Waals surface area (Å²) in [7, 11) is 0. The van der Waals surface area contributed by atoms with Gasteiger partial charge in [0.05, 0.1) is 4.92 Å². The Kier molecular flexibility index (Phi) is 5.01. The van der Waals surface area contributed by atoms with Crippen LogP contribution in [0, 0.1) is 10.1 Å². The molecule has 0 aliphatic rings. The Morgan fingerprint density at radius 3 is 3.00 bits per heavy atom. The van der Waals surface area contributed by atoms with E-state index in [0.29, 0.717) is 22.1 Å². The van der Waals surface area contributed by atoms with Gasteiger partial charge in [-0.2, -0.15) is 11.8 Å². The Labute approximate surface area is 106 Å². The van der Waals surface area contributed by atoms with Crippen molar-refractivity contribution >= 4 is 39.2 Å². The third-order valence-corrected chi connectivity index (χ3v) is 3.40. The quantitative estimate of drug-likeness (QED) is 0.669. The molecule has 1 atom stereocenters. The van der Waals surface area contributed by atoms with Crippen LogP contribution < -0.4 is 5.32 Å². The second-order valence-electron chi connectivity index (χ2n) is 3.21. The Morgan fingerprint density at radius 2 is 2.44 bits per heavy atom. The summed E-state index contributed by atoms with van der Waals surface area (Å²) >= 11 is 4.85. The van der Waals surface area contributed by atoms with Crippen LogP contribution in [-0.2, 0) is 0 Å². The van der Waals surface area contributed by atoms with Crippen LogP contribution >= 0.6 is 27.7 Å². The first-order valence-electron chi connectivity index (χ1n) is 4.61. The van der Waals surface area contributed by atoms with E-state index in [9.17, 15) is 10.1 Å². The van der Waals surface area contributed by atoms with E-state index in [1.165, 1.54) is 6.07 Å². The van der Waals surface area contributed by atoms with Crippen LogP contribution in [0.5, 0.6) is 0 Å². The average molecular weight is 306 g/mol. The summed E-state index contributed by atoms with van der Waals surface area (Å²) < 4.78 is 0.600. The zero-order chi connectivity index (χ0) is 12.1. The highest BCUT2D eigenvalue weighted by molar-refractivity contribution is 9.10. The Balaban J connectivity index is 2.82. The molecule has 0 radical (unpaired) electrons. The van der Waals surface area contributed by atoms with E-state index in [1.54, 1.807) is 18.0 Å². The van der Waals surface area contributed by atoms with Gasteiger partial charge in [0.1, 0.15) is 0 Å². The van der Waals surface area contributed by atoms with Gasteiger partial charge in [-0.25, -0.2) is 4.98 Å². The van der Waals surface area contributed by atoms with Gasteiger partial charge in [-0.1, -0.05) is 6.92 Å². The number of halogens is 1. The smallest absolute Gasteiger partial charge is 0.312 e. The average Bonchev–Trinajstić information content (AvgIpc) is 2.26. The lowest BCUT2D eigenvalue weighted by atomic mass is 10.4. The molecule has 1 rings (SSSR count). The van der Waals surface area contributed by atoms with Crippen molar-refractivity contribution in [3.05, 3.63) is 26.9 Å². The molecule has 1 N–H and O–H groups in total. The second kappa shape index (κ2) is 6.05. The summed E-state index contributed by atoms with van der Waals surface area (Å²) in [5.74, 6) is 0.314. The molecule has 16 heavy (non-hydrogen) atoms. The van der Waals surface area contributed by atoms with Gasteiger partial charge in [-0.3, -0.25) is 10.1 Å². The summed E-state index contributed by atoms with van der Waals surface area (Å²) in [6, 6.07) is 1.44. The predicted molar refractivity (Wildman–Crippen MR) is 70.1 cm³/mol. The molecule has 1 heterocycles. The fraction of sp³-hybridized carbons (Fsp3) is 0.444. The number of hydrogen-bond donors (Lipinski definition) is 1. The highest BCUT2D eigenvalue weighted by atomic mass is 79.9. The molecule has 0 aliphatic heterocycles. The normalized spacial score (nSPS) is 12.2. The maximum absolute atomic E-state index is 10.8. The molecular weight excluding hydrogens is 294 g/mol. The van der Waals surface area contributed by atoms with Crippen molar-refractivity contribution in [2.75, 3.05) is 18.1 Å². The lowest BCUT2D eigenvalue weighted by molar-refractivity contribution is -0.384. The Morgan fingerprint density at radius 1 is 1.75 bits per heavy atom. The van der Waals surface area contributed by atoms with E-state index in [0.717, 1.165) is 0 Å². The van der Waals surface area contributed by atoms with E-state index < -0.39 is 4.92 Å². The number of thioether (sulfide) groups is 1. The summed E-state index contributed by atoms with van der Waals surface area (Å²) in [4.78, 5) is 14.3. The van der Waals surface area contributed by atoms with Crippen molar-refractivity contribution in [3.63, 3.8) is 0 Å². The van der Waals surface area contributed by atoms with Crippen LogP contribution in [0.2, 0.25) is 0 Å². The summed E-state index contributed by atoms with van der Waals surface area (Å²) in [6.45, 7) is 2.69. The molecule has 7 heteroatoms. The zero-order valence-electron chi connectivity index (χ0n) is 8.94. The number of rotatable bonds is 5. The highest BCUT2D eigenvalue weighted by Gasteiger charge is 2.15. The van der Waals surface area contributed by atoms with Crippen LogP contribution in [0.4, 0.5) is 11.5 Å². The van der Waals surface area contributed by atoms with Gasteiger partial charge >= 0.3 is 5.69 Å². The molecule has 0 amide bonds. The lowest BCUT2D eigenvalue weighted by Gasteiger charge is -2.10. The third-order valence-electron chi connectivity index (χ3n) is 1.99. The number of nitro groups is 1. The van der Waals surface area contributed by atoms with Crippen LogP contribution in [-0.4, -0.2) is 28.0 Å². The molecule has 88 valence electrons. The van der Waals surface area contributed by atoms with Gasteiger partial charge < -0.3 is 5.32 Å². The topological polar surface area (TPSA) is 68.1 Å². The maximum Gasteiger partial charge on any atom is 0.312 e. The van der Waals surface area contributed by atoms with Crippen molar-refractivity contribution in [2.45, 2.75) is 12.2 Å². The van der Waals surface area contributed by atoms with Crippen molar-refractivity contribution in [3.8, 4) is 0 Å². The van der Waals surface area contributed by atoms with E-state index in [2.05, 4.69) is 26.2 Å². The number of aromatic nitrogens is 1. The minimum Gasteiger partial charge on any atom is -0.363 e. The largest absolute Gasteiger partial charge is 0.363 e. The maximum atomic E-state index is 10.8. The van der Waals surface area contributed by atoms with Crippen molar-refractivity contribution in [1.29, 1.82) is 0 Å². The first-order valence-corrected chi connectivity index (χ1v) is 6.69. The molecule has 1 aromatic heterocycles. The van der Waals surface area contributed by atoms with Gasteiger partial charge in [0.2, 0.25) is 5.82 Å². The molecule has 5 nitrogen and oxygen atoms in total. The fourth-order valence-corrected chi connectivity index (χ4v) is 1.60. The molecule has 0 spiro atoms. The minimum atomic E-state index is -0.441. The Hall–Kier alpha value is -0.820. The van der Waals surface area contributed by atoms with E-state index >= 15 is 0 Å². The molecule has 0 aliphatic carbocycles. The van der Waals surface area contributed by atoms with Gasteiger partial charge in [0.25, 0.3) is 0 Å². The predicted octanol–water partition coefficient (Wildman–Crippen LogP) is 2.92. The first kappa shape index (κ1) is 13.2. The minimum absolute atomic E-state index is 0.0114. The molecule has 0 saturated heterocycles. The van der Waals surface area contributed by atoms with Crippen molar-refractivity contribution < 1.29 is 4.92 Å². The van der Waals surface area contributed by atoms with Crippen LogP contribution in [0.15, 0.2) is 16.7 Å². The third kappa shape index (κ3) is 3.64. The zero-order valence-corrected chi connectivity index (χ0v) is 11.3. The van der Waals surface area contributed by atoms with E-state index in [4.69, 9.17) is 0 Å². The second-order valence-corrected chi connectivity index (χ2v) is 5.40.